The van der Waals surface area contributed by atoms with Crippen LogP contribution in [0.25, 0.3) is 16.6 Å². The third-order valence-corrected chi connectivity index (χ3v) is 4.04. The summed E-state index contributed by atoms with van der Waals surface area (Å²) >= 11 is 0. The summed E-state index contributed by atoms with van der Waals surface area (Å²) in [6.45, 7) is 3.09. The average Bonchev–Trinajstić information content (AvgIpc) is 3.03. The summed E-state index contributed by atoms with van der Waals surface area (Å²) in [6, 6.07) is 3.94. The SMILES string of the molecule is CCOC(=O)c1cc2ccn3ccnc3c2n1CC1CC1. The summed E-state index contributed by atoms with van der Waals surface area (Å²) < 4.78 is 9.28. The molecule has 0 N–H and O–H groups in total. The van der Waals surface area contributed by atoms with E-state index in [0.29, 0.717) is 18.2 Å². The second-order valence-corrected chi connectivity index (χ2v) is 5.58. The van der Waals surface area contributed by atoms with E-state index in [0.717, 1.165) is 23.1 Å². The Morgan fingerprint density at radius 2 is 2.29 bits per heavy atom. The Kier molecular flexibility index (Phi) is 2.74. The molecule has 3 aromatic rings. The van der Waals surface area contributed by atoms with Crippen molar-refractivity contribution < 1.29 is 9.53 Å². The van der Waals surface area contributed by atoms with E-state index in [4.69, 9.17) is 4.74 Å². The molecule has 5 nitrogen and oxygen atoms in total. The molecular weight excluding hydrogens is 266 g/mol. The van der Waals surface area contributed by atoms with E-state index in [1.165, 1.54) is 12.8 Å². The summed E-state index contributed by atoms with van der Waals surface area (Å²) in [6.07, 6.45) is 8.15. The van der Waals surface area contributed by atoms with Gasteiger partial charge in [-0.25, -0.2) is 9.78 Å². The fraction of sp³-hybridized carbons (Fsp3) is 0.375. The number of aromatic nitrogens is 3. The predicted octanol–water partition coefficient (Wildman–Crippen LogP) is 2.88. The summed E-state index contributed by atoms with van der Waals surface area (Å²) in [5, 5.41) is 1.04. The second kappa shape index (κ2) is 4.62. The Morgan fingerprint density at radius 1 is 1.43 bits per heavy atom. The monoisotopic (exact) mass is 283 g/mol. The normalized spacial score (nSPS) is 14.9. The van der Waals surface area contributed by atoms with Gasteiger partial charge in [0.15, 0.2) is 5.65 Å². The van der Waals surface area contributed by atoms with Gasteiger partial charge in [0.2, 0.25) is 0 Å². The number of hydrogen-bond donors (Lipinski definition) is 0. The van der Waals surface area contributed by atoms with E-state index >= 15 is 0 Å². The van der Waals surface area contributed by atoms with Gasteiger partial charge >= 0.3 is 5.97 Å². The number of esters is 1. The molecule has 108 valence electrons. The Bertz CT molecular complexity index is 827. The molecule has 0 aliphatic heterocycles. The van der Waals surface area contributed by atoms with Crippen molar-refractivity contribution >= 4 is 22.5 Å². The maximum Gasteiger partial charge on any atom is 0.354 e. The zero-order valence-corrected chi connectivity index (χ0v) is 12.0. The Labute approximate surface area is 122 Å². The Hall–Kier alpha value is -2.30. The standard InChI is InChI=1S/C16H17N3O2/c1-2-21-16(20)13-9-12-5-7-18-8-6-17-15(18)14(12)19(13)10-11-3-4-11/h5-9,11H,2-4,10H2,1H3. The van der Waals surface area contributed by atoms with E-state index in [1.54, 1.807) is 6.20 Å². The number of pyridine rings is 1. The number of carbonyl (C=O) groups is 1. The first kappa shape index (κ1) is 12.4. The number of hydrogen-bond acceptors (Lipinski definition) is 3. The maximum atomic E-state index is 12.2. The number of fused-ring (bicyclic) bond motifs is 3. The van der Waals surface area contributed by atoms with Gasteiger partial charge in [-0.2, -0.15) is 0 Å². The maximum absolute atomic E-state index is 12.2. The fourth-order valence-electron chi connectivity index (χ4n) is 2.85. The van der Waals surface area contributed by atoms with Crippen LogP contribution < -0.4 is 0 Å². The second-order valence-electron chi connectivity index (χ2n) is 5.58. The molecule has 3 aromatic heterocycles. The molecule has 1 aliphatic rings. The van der Waals surface area contributed by atoms with Gasteiger partial charge in [0, 0.05) is 30.5 Å². The number of ether oxygens (including phenoxy) is 1. The van der Waals surface area contributed by atoms with Crippen LogP contribution in [0.3, 0.4) is 0 Å². The number of rotatable bonds is 4. The van der Waals surface area contributed by atoms with Crippen molar-refractivity contribution in [2.45, 2.75) is 26.3 Å². The quantitative estimate of drug-likeness (QED) is 0.692. The van der Waals surface area contributed by atoms with Crippen LogP contribution in [-0.4, -0.2) is 26.5 Å². The van der Waals surface area contributed by atoms with E-state index in [9.17, 15) is 4.79 Å². The molecule has 0 aromatic carbocycles. The van der Waals surface area contributed by atoms with Crippen molar-refractivity contribution in [2.24, 2.45) is 5.92 Å². The molecule has 1 fully saturated rings. The minimum Gasteiger partial charge on any atom is -0.461 e. The first-order chi connectivity index (χ1) is 10.3. The molecular formula is C16H17N3O2. The van der Waals surface area contributed by atoms with Crippen LogP contribution in [0.4, 0.5) is 0 Å². The zero-order chi connectivity index (χ0) is 14.4. The van der Waals surface area contributed by atoms with Crippen molar-refractivity contribution in [3.05, 3.63) is 36.4 Å². The summed E-state index contributed by atoms with van der Waals surface area (Å²) in [7, 11) is 0. The van der Waals surface area contributed by atoms with Gasteiger partial charge < -0.3 is 13.7 Å². The van der Waals surface area contributed by atoms with Crippen LogP contribution in [0.5, 0.6) is 0 Å². The van der Waals surface area contributed by atoms with E-state index in [2.05, 4.69) is 9.55 Å². The predicted molar refractivity (Wildman–Crippen MR) is 79.4 cm³/mol. The van der Waals surface area contributed by atoms with E-state index < -0.39 is 0 Å². The van der Waals surface area contributed by atoms with Crippen molar-refractivity contribution in [3.8, 4) is 0 Å². The molecule has 3 heterocycles. The highest BCUT2D eigenvalue weighted by Gasteiger charge is 2.26. The number of nitrogens with zero attached hydrogens (tertiary/aromatic N) is 3. The number of carbonyl (C=O) groups excluding carboxylic acids is 1. The van der Waals surface area contributed by atoms with E-state index in [-0.39, 0.29) is 5.97 Å². The lowest BCUT2D eigenvalue weighted by Crippen LogP contribution is -2.13. The van der Waals surface area contributed by atoms with Gasteiger partial charge in [0.1, 0.15) is 5.69 Å². The van der Waals surface area contributed by atoms with Crippen LogP contribution in [0, 0.1) is 5.92 Å². The highest BCUT2D eigenvalue weighted by Crippen LogP contribution is 2.34. The minimum absolute atomic E-state index is 0.251. The third-order valence-electron chi connectivity index (χ3n) is 4.04. The highest BCUT2D eigenvalue weighted by atomic mass is 16.5. The van der Waals surface area contributed by atoms with Gasteiger partial charge in [-0.15, -0.1) is 0 Å². The largest absolute Gasteiger partial charge is 0.461 e. The van der Waals surface area contributed by atoms with Gasteiger partial charge in [-0.3, -0.25) is 0 Å². The molecule has 1 saturated carbocycles. The molecule has 0 atom stereocenters. The lowest BCUT2D eigenvalue weighted by atomic mass is 10.3. The van der Waals surface area contributed by atoms with Crippen LogP contribution >= 0.6 is 0 Å². The fourth-order valence-corrected chi connectivity index (χ4v) is 2.85. The smallest absolute Gasteiger partial charge is 0.354 e. The highest BCUT2D eigenvalue weighted by molar-refractivity contribution is 6.00. The van der Waals surface area contributed by atoms with E-state index in [1.807, 2.05) is 35.9 Å². The molecule has 4 rings (SSSR count). The molecule has 5 heteroatoms. The average molecular weight is 283 g/mol. The first-order valence-electron chi connectivity index (χ1n) is 7.40. The molecule has 0 unspecified atom stereocenters. The topological polar surface area (TPSA) is 48.5 Å². The molecule has 0 bridgehead atoms. The van der Waals surface area contributed by atoms with Gasteiger partial charge in [0.25, 0.3) is 0 Å². The molecule has 0 amide bonds. The zero-order valence-electron chi connectivity index (χ0n) is 12.0. The molecule has 21 heavy (non-hydrogen) atoms. The lowest BCUT2D eigenvalue weighted by molar-refractivity contribution is 0.0514. The Balaban J connectivity index is 1.96. The Morgan fingerprint density at radius 3 is 3.05 bits per heavy atom. The summed E-state index contributed by atoms with van der Waals surface area (Å²) in [4.78, 5) is 16.7. The van der Waals surface area contributed by atoms with Crippen LogP contribution in [0.15, 0.2) is 30.7 Å². The summed E-state index contributed by atoms with van der Waals surface area (Å²) in [5.74, 6) is 0.419. The molecule has 0 radical (unpaired) electrons. The van der Waals surface area contributed by atoms with Gasteiger partial charge in [-0.05, 0) is 37.8 Å². The van der Waals surface area contributed by atoms with Crippen molar-refractivity contribution in [2.75, 3.05) is 6.61 Å². The number of imidazole rings is 1. The summed E-state index contributed by atoms with van der Waals surface area (Å²) in [5.41, 5.74) is 2.55. The van der Waals surface area contributed by atoms with Crippen molar-refractivity contribution in [3.63, 3.8) is 0 Å². The van der Waals surface area contributed by atoms with Crippen LogP contribution in [-0.2, 0) is 11.3 Å². The van der Waals surface area contributed by atoms with Crippen molar-refractivity contribution in [1.82, 2.24) is 14.0 Å². The van der Waals surface area contributed by atoms with Gasteiger partial charge in [-0.1, -0.05) is 0 Å². The first-order valence-corrected chi connectivity index (χ1v) is 7.40. The molecule has 0 spiro atoms. The molecule has 1 aliphatic carbocycles. The third kappa shape index (κ3) is 2.00. The van der Waals surface area contributed by atoms with Crippen LogP contribution in [0.2, 0.25) is 0 Å². The molecule has 0 saturated heterocycles. The van der Waals surface area contributed by atoms with Crippen molar-refractivity contribution in [1.29, 1.82) is 0 Å². The minimum atomic E-state index is -0.251. The lowest BCUT2D eigenvalue weighted by Gasteiger charge is -2.09. The van der Waals surface area contributed by atoms with Gasteiger partial charge in [0.05, 0.1) is 12.1 Å². The van der Waals surface area contributed by atoms with Crippen LogP contribution in [0.1, 0.15) is 30.3 Å².